The first-order chi connectivity index (χ1) is 6.55. The molecule has 0 atom stereocenters. The van der Waals surface area contributed by atoms with Gasteiger partial charge in [-0.1, -0.05) is 0 Å². The minimum Gasteiger partial charge on any atom is -0.325 e. The molecule has 0 aliphatic carbocycles. The first-order valence-corrected chi connectivity index (χ1v) is 7.06. The molecule has 2 saturated heterocycles. The molecule has 2 heterocycles. The first-order valence-electron chi connectivity index (χ1n) is 5.23. The van der Waals surface area contributed by atoms with E-state index in [2.05, 4.69) is 4.90 Å². The third kappa shape index (κ3) is 2.46. The minimum atomic E-state index is -2.62. The second-order valence-corrected chi connectivity index (χ2v) is 6.76. The van der Waals surface area contributed by atoms with Crippen LogP contribution < -0.4 is 5.73 Å². The van der Waals surface area contributed by atoms with Crippen molar-refractivity contribution < 1.29 is 8.42 Å². The van der Waals surface area contributed by atoms with Gasteiger partial charge in [0.1, 0.15) is 0 Å². The Morgan fingerprint density at radius 2 is 1.93 bits per heavy atom. The monoisotopic (exact) mass is 218 g/mol. The fraction of sp³-hybridized carbons (Fsp3) is 1.00. The number of nitrogens with two attached hydrogens (primary N) is 1. The third-order valence-corrected chi connectivity index (χ3v) is 5.01. The van der Waals surface area contributed by atoms with Crippen LogP contribution in [0, 0.1) is 5.92 Å². The van der Waals surface area contributed by atoms with Crippen molar-refractivity contribution in [2.24, 2.45) is 11.7 Å². The summed E-state index contributed by atoms with van der Waals surface area (Å²) in [7, 11) is -2.62. The zero-order valence-corrected chi connectivity index (χ0v) is 9.17. The highest BCUT2D eigenvalue weighted by Crippen LogP contribution is 2.23. The average molecular weight is 218 g/mol. The molecule has 2 aliphatic heterocycles. The normalized spacial score (nSPS) is 28.4. The zero-order valence-electron chi connectivity index (χ0n) is 8.35. The molecule has 82 valence electrons. The number of rotatable bonds is 4. The van der Waals surface area contributed by atoms with E-state index < -0.39 is 9.84 Å². The summed E-state index contributed by atoms with van der Waals surface area (Å²) in [4.78, 5) is 2.33. The van der Waals surface area contributed by atoms with Gasteiger partial charge in [0.15, 0.2) is 9.84 Å². The summed E-state index contributed by atoms with van der Waals surface area (Å²) < 4.78 is 21.8. The van der Waals surface area contributed by atoms with Crippen LogP contribution in [0.25, 0.3) is 0 Å². The van der Waals surface area contributed by atoms with E-state index >= 15 is 0 Å². The van der Waals surface area contributed by atoms with Crippen LogP contribution >= 0.6 is 0 Å². The molecule has 2 rings (SSSR count). The Kier molecular flexibility index (Phi) is 2.81. The molecule has 0 radical (unpaired) electrons. The van der Waals surface area contributed by atoms with E-state index in [4.69, 9.17) is 5.73 Å². The maximum atomic E-state index is 10.9. The van der Waals surface area contributed by atoms with Gasteiger partial charge in [-0.05, 0) is 25.3 Å². The van der Waals surface area contributed by atoms with Gasteiger partial charge < -0.3 is 10.6 Å². The van der Waals surface area contributed by atoms with E-state index in [-0.39, 0.29) is 0 Å². The van der Waals surface area contributed by atoms with Crippen LogP contribution in [0.3, 0.4) is 0 Å². The largest absolute Gasteiger partial charge is 0.325 e. The molecule has 2 aliphatic rings. The first kappa shape index (κ1) is 10.4. The predicted octanol–water partition coefficient (Wildman–Crippen LogP) is -0.546. The van der Waals surface area contributed by atoms with Gasteiger partial charge in [-0.15, -0.1) is 0 Å². The average Bonchev–Trinajstić information content (AvgIpc) is 1.97. The molecule has 2 N–H and O–H groups in total. The molecular weight excluding hydrogens is 200 g/mol. The van der Waals surface area contributed by atoms with Gasteiger partial charge in [-0.2, -0.15) is 0 Å². The van der Waals surface area contributed by atoms with Gasteiger partial charge in [0.2, 0.25) is 0 Å². The van der Waals surface area contributed by atoms with Crippen LogP contribution in [0.1, 0.15) is 12.8 Å². The molecule has 14 heavy (non-hydrogen) atoms. The molecular formula is C9H18N2O2S. The Hall–Kier alpha value is -0.130. The molecule has 0 bridgehead atoms. The molecule has 4 nitrogen and oxygen atoms in total. The number of sulfone groups is 1. The highest BCUT2D eigenvalue weighted by Gasteiger charge is 2.32. The molecule has 0 spiro atoms. The minimum absolute atomic E-state index is 0.374. The Balaban J connectivity index is 1.52. The van der Waals surface area contributed by atoms with Crippen molar-refractivity contribution in [2.75, 3.05) is 31.1 Å². The van der Waals surface area contributed by atoms with Crippen LogP contribution in [0.5, 0.6) is 0 Å². The smallest absolute Gasteiger partial charge is 0.150 e. The summed E-state index contributed by atoms with van der Waals surface area (Å²) in [5.41, 5.74) is 5.65. The number of hydrogen-bond acceptors (Lipinski definition) is 4. The summed E-state index contributed by atoms with van der Waals surface area (Å²) in [6.07, 6.45) is 2.18. The van der Waals surface area contributed by atoms with Crippen molar-refractivity contribution in [1.82, 2.24) is 4.90 Å². The highest BCUT2D eigenvalue weighted by molar-refractivity contribution is 7.92. The molecule has 0 aromatic rings. The van der Waals surface area contributed by atoms with Crippen molar-refractivity contribution in [3.05, 3.63) is 0 Å². The maximum absolute atomic E-state index is 10.9. The Labute approximate surface area is 85.4 Å². The second kappa shape index (κ2) is 3.79. The number of nitrogens with zero attached hydrogens (tertiary/aromatic N) is 1. The van der Waals surface area contributed by atoms with Crippen LogP contribution in [0.15, 0.2) is 0 Å². The fourth-order valence-corrected chi connectivity index (χ4v) is 3.90. The molecule has 0 saturated carbocycles. The Morgan fingerprint density at radius 1 is 1.29 bits per heavy atom. The van der Waals surface area contributed by atoms with E-state index in [1.54, 1.807) is 0 Å². The van der Waals surface area contributed by atoms with Gasteiger partial charge in [-0.25, -0.2) is 8.42 Å². The van der Waals surface area contributed by atoms with Crippen LogP contribution in [0.2, 0.25) is 0 Å². The molecule has 5 heteroatoms. The summed E-state index contributed by atoms with van der Waals surface area (Å²) in [6.45, 7) is 3.12. The van der Waals surface area contributed by atoms with Crippen molar-refractivity contribution >= 4 is 9.84 Å². The summed E-state index contributed by atoms with van der Waals surface area (Å²) in [5.74, 6) is 1.29. The maximum Gasteiger partial charge on any atom is 0.150 e. The summed E-state index contributed by atoms with van der Waals surface area (Å²) in [6, 6.07) is 0.374. The zero-order chi connectivity index (χ0) is 10.2. The standard InChI is InChI=1S/C9H18N2O2S/c10-9-4-11(5-9)3-1-2-8-6-14(12,13)7-8/h8-9H,1-7,10H2. The van der Waals surface area contributed by atoms with E-state index in [0.717, 1.165) is 32.5 Å². The number of hydrogen-bond donors (Lipinski definition) is 1. The molecule has 0 unspecified atom stereocenters. The second-order valence-electron chi connectivity index (χ2n) is 4.60. The van der Waals surface area contributed by atoms with Gasteiger partial charge in [0.25, 0.3) is 0 Å². The van der Waals surface area contributed by atoms with Crippen molar-refractivity contribution in [3.63, 3.8) is 0 Å². The van der Waals surface area contributed by atoms with Crippen molar-refractivity contribution in [3.8, 4) is 0 Å². The fourth-order valence-electron chi connectivity index (χ4n) is 2.23. The summed E-state index contributed by atoms with van der Waals surface area (Å²) >= 11 is 0. The lowest BCUT2D eigenvalue weighted by atomic mass is 10.0. The lowest BCUT2D eigenvalue weighted by molar-refractivity contribution is 0.146. The Morgan fingerprint density at radius 3 is 2.43 bits per heavy atom. The van der Waals surface area contributed by atoms with Gasteiger partial charge in [0, 0.05) is 19.1 Å². The molecule has 0 amide bonds. The molecule has 0 aromatic heterocycles. The summed E-state index contributed by atoms with van der Waals surface area (Å²) in [5, 5.41) is 0. The lowest BCUT2D eigenvalue weighted by Gasteiger charge is -2.37. The molecule has 0 aromatic carbocycles. The van der Waals surface area contributed by atoms with E-state index in [9.17, 15) is 8.42 Å². The molecule has 2 fully saturated rings. The van der Waals surface area contributed by atoms with Crippen LogP contribution in [-0.4, -0.2) is 50.5 Å². The van der Waals surface area contributed by atoms with Crippen LogP contribution in [-0.2, 0) is 9.84 Å². The van der Waals surface area contributed by atoms with Gasteiger partial charge in [-0.3, -0.25) is 0 Å². The topological polar surface area (TPSA) is 63.4 Å². The van der Waals surface area contributed by atoms with Crippen LogP contribution in [0.4, 0.5) is 0 Å². The van der Waals surface area contributed by atoms with E-state index in [1.165, 1.54) is 0 Å². The van der Waals surface area contributed by atoms with Gasteiger partial charge >= 0.3 is 0 Å². The third-order valence-electron chi connectivity index (χ3n) is 3.05. The van der Waals surface area contributed by atoms with Crippen molar-refractivity contribution in [1.29, 1.82) is 0 Å². The quantitative estimate of drug-likeness (QED) is 0.688. The SMILES string of the molecule is NC1CN(CCCC2CS(=O)(=O)C2)C1. The Bertz CT molecular complexity index is 284. The lowest BCUT2D eigenvalue weighted by Crippen LogP contribution is -2.55. The highest BCUT2D eigenvalue weighted by atomic mass is 32.2. The van der Waals surface area contributed by atoms with E-state index in [0.29, 0.717) is 23.5 Å². The number of likely N-dealkylation sites (tertiary alicyclic amines) is 1. The predicted molar refractivity (Wildman–Crippen MR) is 55.8 cm³/mol. The van der Waals surface area contributed by atoms with E-state index in [1.807, 2.05) is 0 Å². The van der Waals surface area contributed by atoms with Crippen molar-refractivity contribution in [2.45, 2.75) is 18.9 Å². The van der Waals surface area contributed by atoms with Gasteiger partial charge in [0.05, 0.1) is 11.5 Å².